The maximum atomic E-state index is 12.5. The minimum atomic E-state index is -0.0180. The molecule has 1 fully saturated rings. The van der Waals surface area contributed by atoms with Gasteiger partial charge in [-0.25, -0.2) is 4.98 Å². The second-order valence-electron chi connectivity index (χ2n) is 7.05. The number of carbonyl (C=O) groups is 1. The summed E-state index contributed by atoms with van der Waals surface area (Å²) in [5, 5.41) is 0. The zero-order chi connectivity index (χ0) is 20.2. The number of aromatic nitrogens is 2. The number of anilines is 1. The van der Waals surface area contributed by atoms with Crippen LogP contribution in [0.3, 0.4) is 0 Å². The number of amides is 1. The van der Waals surface area contributed by atoms with E-state index in [-0.39, 0.29) is 18.6 Å². The molecule has 1 saturated heterocycles. The van der Waals surface area contributed by atoms with Crippen LogP contribution < -0.4 is 9.64 Å². The zero-order valence-corrected chi connectivity index (χ0v) is 16.6. The van der Waals surface area contributed by atoms with Crippen molar-refractivity contribution in [2.45, 2.75) is 19.6 Å². The summed E-state index contributed by atoms with van der Waals surface area (Å²) in [6, 6.07) is 12.1. The quantitative estimate of drug-likeness (QED) is 0.633. The van der Waals surface area contributed by atoms with Gasteiger partial charge in [0.2, 0.25) is 11.8 Å². The molecule has 4 rings (SSSR count). The van der Waals surface area contributed by atoms with E-state index in [1.165, 1.54) is 0 Å². The molecule has 152 valence electrons. The Balaban J connectivity index is 1.28. The lowest BCUT2D eigenvalue weighted by Crippen LogP contribution is -2.54. The van der Waals surface area contributed by atoms with Crippen LogP contribution in [0.5, 0.6) is 5.88 Å². The van der Waals surface area contributed by atoms with Crippen LogP contribution in [0.4, 0.5) is 6.01 Å². The van der Waals surface area contributed by atoms with Gasteiger partial charge in [0.05, 0.1) is 13.7 Å². The highest BCUT2D eigenvalue weighted by atomic mass is 16.5. The van der Waals surface area contributed by atoms with Crippen molar-refractivity contribution in [1.29, 1.82) is 0 Å². The summed E-state index contributed by atoms with van der Waals surface area (Å²) in [5.74, 6) is 0.533. The molecule has 1 aliphatic heterocycles. The van der Waals surface area contributed by atoms with Crippen LogP contribution >= 0.6 is 0 Å². The van der Waals surface area contributed by atoms with Gasteiger partial charge in [0.25, 0.3) is 6.01 Å². The second kappa shape index (κ2) is 8.48. The number of oxazole rings is 1. The first-order valence-electron chi connectivity index (χ1n) is 9.60. The Bertz CT molecular complexity index is 939. The van der Waals surface area contributed by atoms with Crippen molar-refractivity contribution in [1.82, 2.24) is 14.9 Å². The minimum Gasteiger partial charge on any atom is -0.481 e. The topological polar surface area (TPSA) is 80.9 Å². The number of ether oxygens (including phenoxy) is 2. The van der Waals surface area contributed by atoms with E-state index in [9.17, 15) is 4.79 Å². The summed E-state index contributed by atoms with van der Waals surface area (Å²) < 4.78 is 16.5. The fourth-order valence-corrected chi connectivity index (χ4v) is 3.42. The molecule has 3 heterocycles. The van der Waals surface area contributed by atoms with Gasteiger partial charge in [-0.3, -0.25) is 4.79 Å². The maximum absolute atomic E-state index is 12.5. The van der Waals surface area contributed by atoms with Crippen LogP contribution in [0.2, 0.25) is 0 Å². The first-order valence-corrected chi connectivity index (χ1v) is 9.60. The predicted octanol–water partition coefficient (Wildman–Crippen LogP) is 2.49. The van der Waals surface area contributed by atoms with E-state index < -0.39 is 0 Å². The largest absolute Gasteiger partial charge is 0.481 e. The molecule has 1 amide bonds. The van der Waals surface area contributed by atoms with Crippen LogP contribution in [0, 0.1) is 0 Å². The molecule has 2 aromatic heterocycles. The highest BCUT2D eigenvalue weighted by molar-refractivity contribution is 5.78. The van der Waals surface area contributed by atoms with Crippen molar-refractivity contribution in [2.24, 2.45) is 0 Å². The number of piperazine rings is 1. The third-order valence-corrected chi connectivity index (χ3v) is 5.01. The second-order valence-corrected chi connectivity index (χ2v) is 7.05. The lowest BCUT2D eigenvalue weighted by Gasteiger charge is -2.38. The molecule has 1 atom stereocenters. The van der Waals surface area contributed by atoms with E-state index in [0.717, 1.165) is 16.7 Å². The minimum absolute atomic E-state index is 0.0180. The van der Waals surface area contributed by atoms with Gasteiger partial charge in [0.15, 0.2) is 5.58 Å². The van der Waals surface area contributed by atoms with Crippen molar-refractivity contribution in [3.8, 4) is 5.88 Å². The van der Waals surface area contributed by atoms with E-state index >= 15 is 0 Å². The van der Waals surface area contributed by atoms with Gasteiger partial charge in [0, 0.05) is 37.9 Å². The highest BCUT2D eigenvalue weighted by Gasteiger charge is 2.29. The van der Waals surface area contributed by atoms with Crippen LogP contribution in [0.1, 0.15) is 12.5 Å². The molecule has 8 heteroatoms. The Labute approximate surface area is 169 Å². The normalized spacial score (nSPS) is 17.0. The smallest absolute Gasteiger partial charge is 0.298 e. The Morgan fingerprint density at radius 2 is 2.10 bits per heavy atom. The van der Waals surface area contributed by atoms with Gasteiger partial charge in [-0.1, -0.05) is 12.1 Å². The summed E-state index contributed by atoms with van der Waals surface area (Å²) in [7, 11) is 1.57. The Morgan fingerprint density at radius 3 is 2.83 bits per heavy atom. The first kappa shape index (κ1) is 19.2. The van der Waals surface area contributed by atoms with E-state index in [0.29, 0.717) is 38.1 Å². The summed E-state index contributed by atoms with van der Waals surface area (Å²) in [6.07, 6.45) is 1.69. The highest BCUT2D eigenvalue weighted by Crippen LogP contribution is 2.25. The SMILES string of the molecule is COc1ccc(COCC(=O)N2CCN(c3nc4ccccc4o3)C(C)C2)cn1. The molecule has 0 bridgehead atoms. The van der Waals surface area contributed by atoms with Crippen LogP contribution in [-0.2, 0) is 16.1 Å². The summed E-state index contributed by atoms with van der Waals surface area (Å²) in [4.78, 5) is 25.2. The number of rotatable bonds is 6. The zero-order valence-electron chi connectivity index (χ0n) is 16.6. The van der Waals surface area contributed by atoms with Crippen molar-refractivity contribution in [2.75, 3.05) is 38.3 Å². The average molecular weight is 396 g/mol. The lowest BCUT2D eigenvalue weighted by atomic mass is 10.2. The van der Waals surface area contributed by atoms with Crippen LogP contribution in [0.15, 0.2) is 47.0 Å². The molecular formula is C21H24N4O4. The third kappa shape index (κ3) is 4.32. The van der Waals surface area contributed by atoms with Gasteiger partial charge in [-0.05, 0) is 30.7 Å². The number of fused-ring (bicyclic) bond motifs is 1. The average Bonchev–Trinajstić information content (AvgIpc) is 3.18. The van der Waals surface area contributed by atoms with Gasteiger partial charge in [-0.15, -0.1) is 0 Å². The van der Waals surface area contributed by atoms with E-state index in [1.807, 2.05) is 35.2 Å². The number of pyridine rings is 1. The Hall–Kier alpha value is -3.13. The van der Waals surface area contributed by atoms with Gasteiger partial charge in [-0.2, -0.15) is 4.98 Å². The van der Waals surface area contributed by atoms with Crippen molar-refractivity contribution in [3.05, 3.63) is 48.2 Å². The van der Waals surface area contributed by atoms with Gasteiger partial charge >= 0.3 is 0 Å². The number of hydrogen-bond acceptors (Lipinski definition) is 7. The molecule has 3 aromatic rings. The molecule has 0 aliphatic carbocycles. The number of nitrogens with zero attached hydrogens (tertiary/aromatic N) is 4. The molecule has 29 heavy (non-hydrogen) atoms. The van der Waals surface area contributed by atoms with E-state index in [4.69, 9.17) is 13.9 Å². The fraction of sp³-hybridized carbons (Fsp3) is 0.381. The molecule has 1 aliphatic rings. The predicted molar refractivity (Wildman–Crippen MR) is 108 cm³/mol. The van der Waals surface area contributed by atoms with Crippen molar-refractivity contribution >= 4 is 23.0 Å². The van der Waals surface area contributed by atoms with Gasteiger partial charge in [0.1, 0.15) is 12.1 Å². The van der Waals surface area contributed by atoms with Gasteiger partial charge < -0.3 is 23.7 Å². The van der Waals surface area contributed by atoms with Crippen molar-refractivity contribution < 1.29 is 18.7 Å². The summed E-state index contributed by atoms with van der Waals surface area (Å²) in [6.45, 7) is 4.32. The number of methoxy groups -OCH3 is 1. The molecule has 1 aromatic carbocycles. The number of hydrogen-bond donors (Lipinski definition) is 0. The number of carbonyl (C=O) groups excluding carboxylic acids is 1. The lowest BCUT2D eigenvalue weighted by molar-refractivity contribution is -0.137. The maximum Gasteiger partial charge on any atom is 0.298 e. The standard InChI is InChI=1S/C21H24N4O4/c1-15-12-24(20(26)14-28-13-16-7-8-19(27-2)22-11-16)9-10-25(15)21-23-17-5-3-4-6-18(17)29-21/h3-8,11,15H,9-10,12-14H2,1-2H3. The molecule has 0 spiro atoms. The molecule has 0 radical (unpaired) electrons. The number of para-hydroxylation sites is 2. The van der Waals surface area contributed by atoms with E-state index in [1.54, 1.807) is 19.4 Å². The monoisotopic (exact) mass is 396 g/mol. The Morgan fingerprint density at radius 1 is 1.24 bits per heavy atom. The molecule has 0 saturated carbocycles. The Kier molecular flexibility index (Phi) is 5.62. The molecule has 1 unspecified atom stereocenters. The fourth-order valence-electron chi connectivity index (χ4n) is 3.42. The molecule has 8 nitrogen and oxygen atoms in total. The molecule has 0 N–H and O–H groups in total. The third-order valence-electron chi connectivity index (χ3n) is 5.01. The van der Waals surface area contributed by atoms with Crippen LogP contribution in [0.25, 0.3) is 11.1 Å². The number of benzene rings is 1. The van der Waals surface area contributed by atoms with E-state index in [2.05, 4.69) is 21.8 Å². The first-order chi connectivity index (χ1) is 14.1. The van der Waals surface area contributed by atoms with Crippen LogP contribution in [-0.4, -0.2) is 60.2 Å². The summed E-state index contributed by atoms with van der Waals surface area (Å²) in [5.41, 5.74) is 2.51. The van der Waals surface area contributed by atoms with Crippen molar-refractivity contribution in [3.63, 3.8) is 0 Å². The summed E-state index contributed by atoms with van der Waals surface area (Å²) >= 11 is 0. The molecular weight excluding hydrogens is 372 g/mol.